The summed E-state index contributed by atoms with van der Waals surface area (Å²) in [5, 5.41) is 3.14. The van der Waals surface area contributed by atoms with Gasteiger partial charge in [0.15, 0.2) is 0 Å². The number of carbonyl (C=O) groups excluding carboxylic acids is 1. The van der Waals surface area contributed by atoms with E-state index in [0.29, 0.717) is 5.92 Å². The standard InChI is InChI=1S/C18H28N4O/c1-12(2)8-9-14-11-20-17(21-14)15-7-6-10-22(15)18(23)16(19-5)13(3)4/h11-13,15-16,19H,6-7,10H2,1-5H3,(H,20,21). The molecule has 2 N–H and O–H groups in total. The average molecular weight is 316 g/mol. The van der Waals surface area contributed by atoms with Gasteiger partial charge in [-0.3, -0.25) is 4.79 Å². The van der Waals surface area contributed by atoms with Gasteiger partial charge in [-0.15, -0.1) is 0 Å². The molecule has 0 spiro atoms. The minimum absolute atomic E-state index is 0.0340. The number of likely N-dealkylation sites (tertiary alicyclic amines) is 1. The molecule has 23 heavy (non-hydrogen) atoms. The van der Waals surface area contributed by atoms with Crippen LogP contribution in [-0.4, -0.2) is 40.4 Å². The number of H-pyrrole nitrogens is 1. The zero-order valence-corrected chi connectivity index (χ0v) is 14.8. The van der Waals surface area contributed by atoms with Gasteiger partial charge in [-0.05, 0) is 31.7 Å². The summed E-state index contributed by atoms with van der Waals surface area (Å²) in [4.78, 5) is 22.5. The van der Waals surface area contributed by atoms with Crippen molar-refractivity contribution in [1.29, 1.82) is 0 Å². The third-order valence-corrected chi connectivity index (χ3v) is 4.19. The van der Waals surface area contributed by atoms with Gasteiger partial charge in [-0.25, -0.2) is 4.98 Å². The Balaban J connectivity index is 2.16. The fourth-order valence-electron chi connectivity index (χ4n) is 3.03. The van der Waals surface area contributed by atoms with Crippen molar-refractivity contribution in [3.63, 3.8) is 0 Å². The maximum absolute atomic E-state index is 12.8. The summed E-state index contributed by atoms with van der Waals surface area (Å²) in [6, 6.07) is -0.113. The molecule has 2 unspecified atom stereocenters. The Morgan fingerprint density at radius 1 is 1.43 bits per heavy atom. The highest BCUT2D eigenvalue weighted by atomic mass is 16.2. The highest BCUT2D eigenvalue weighted by Crippen LogP contribution is 2.31. The number of amides is 1. The number of nitrogens with one attached hydrogen (secondary N) is 2. The maximum Gasteiger partial charge on any atom is 0.240 e. The molecule has 5 heteroatoms. The Kier molecular flexibility index (Phi) is 5.84. The number of hydrogen-bond acceptors (Lipinski definition) is 3. The topological polar surface area (TPSA) is 61.0 Å². The van der Waals surface area contributed by atoms with Crippen molar-refractivity contribution in [2.45, 2.75) is 52.6 Å². The first-order chi connectivity index (χ1) is 10.9. The minimum Gasteiger partial charge on any atom is -0.334 e. The molecule has 1 aliphatic heterocycles. The summed E-state index contributed by atoms with van der Waals surface area (Å²) in [5.41, 5.74) is 0.821. The molecule has 1 aliphatic rings. The highest BCUT2D eigenvalue weighted by molar-refractivity contribution is 5.82. The van der Waals surface area contributed by atoms with E-state index in [2.05, 4.69) is 54.8 Å². The maximum atomic E-state index is 12.8. The summed E-state index contributed by atoms with van der Waals surface area (Å²) in [5.74, 6) is 7.83. The molecule has 0 aliphatic carbocycles. The number of likely N-dealkylation sites (N-methyl/N-ethyl adjacent to an activating group) is 1. The fourth-order valence-corrected chi connectivity index (χ4v) is 3.03. The lowest BCUT2D eigenvalue weighted by Gasteiger charge is -2.29. The number of nitrogens with zero attached hydrogens (tertiary/aromatic N) is 2. The van der Waals surface area contributed by atoms with Crippen LogP contribution in [0, 0.1) is 23.7 Å². The number of rotatable bonds is 4. The van der Waals surface area contributed by atoms with Crippen LogP contribution in [0.1, 0.15) is 58.1 Å². The highest BCUT2D eigenvalue weighted by Gasteiger charge is 2.35. The lowest BCUT2D eigenvalue weighted by Crippen LogP contribution is -2.47. The van der Waals surface area contributed by atoms with E-state index in [0.717, 1.165) is 30.9 Å². The predicted molar refractivity (Wildman–Crippen MR) is 91.7 cm³/mol. The Morgan fingerprint density at radius 3 is 2.78 bits per heavy atom. The largest absolute Gasteiger partial charge is 0.334 e. The SMILES string of the molecule is CNC(C(=O)N1CCCC1c1ncc(C#CC(C)C)[nH]1)C(C)C. The van der Waals surface area contributed by atoms with Crippen molar-refractivity contribution >= 4 is 5.91 Å². The van der Waals surface area contributed by atoms with E-state index >= 15 is 0 Å². The van der Waals surface area contributed by atoms with Crippen molar-refractivity contribution in [2.24, 2.45) is 11.8 Å². The molecule has 0 radical (unpaired) electrons. The molecule has 1 amide bonds. The normalized spacial score (nSPS) is 19.1. The molecule has 2 heterocycles. The van der Waals surface area contributed by atoms with Gasteiger partial charge in [0.25, 0.3) is 0 Å². The van der Waals surface area contributed by atoms with Crippen molar-refractivity contribution < 1.29 is 4.79 Å². The van der Waals surface area contributed by atoms with Crippen LogP contribution in [0.4, 0.5) is 0 Å². The molecule has 0 aromatic carbocycles. The van der Waals surface area contributed by atoms with E-state index in [1.807, 2.05) is 11.9 Å². The van der Waals surface area contributed by atoms with Crippen LogP contribution in [0.25, 0.3) is 0 Å². The summed E-state index contributed by atoms with van der Waals surface area (Å²) in [6.45, 7) is 9.05. The van der Waals surface area contributed by atoms with Gasteiger partial charge in [-0.1, -0.05) is 33.6 Å². The van der Waals surface area contributed by atoms with Crippen LogP contribution < -0.4 is 5.32 Å². The summed E-state index contributed by atoms with van der Waals surface area (Å²) in [6.07, 6.45) is 3.73. The van der Waals surface area contributed by atoms with Gasteiger partial charge >= 0.3 is 0 Å². The zero-order valence-electron chi connectivity index (χ0n) is 14.8. The van der Waals surface area contributed by atoms with Crippen molar-refractivity contribution in [1.82, 2.24) is 20.2 Å². The molecule has 1 fully saturated rings. The van der Waals surface area contributed by atoms with Gasteiger partial charge < -0.3 is 15.2 Å². The first kappa shape index (κ1) is 17.6. The molecule has 5 nitrogen and oxygen atoms in total. The van der Waals surface area contributed by atoms with Gasteiger partial charge in [0.2, 0.25) is 5.91 Å². The van der Waals surface area contributed by atoms with Gasteiger partial charge in [0.1, 0.15) is 11.5 Å². The molecular formula is C18H28N4O. The molecule has 2 atom stereocenters. The number of imidazole rings is 1. The number of aromatic amines is 1. The fraction of sp³-hybridized carbons (Fsp3) is 0.667. The van der Waals surface area contributed by atoms with Gasteiger partial charge in [0, 0.05) is 12.5 Å². The third kappa shape index (κ3) is 4.14. The second-order valence-electron chi connectivity index (χ2n) is 6.81. The van der Waals surface area contributed by atoms with Crippen LogP contribution in [0.5, 0.6) is 0 Å². The van der Waals surface area contributed by atoms with E-state index in [1.54, 1.807) is 6.20 Å². The second kappa shape index (κ2) is 7.65. The van der Waals surface area contributed by atoms with Crippen LogP contribution in [0.3, 0.4) is 0 Å². The molecule has 0 bridgehead atoms. The third-order valence-electron chi connectivity index (χ3n) is 4.19. The molecule has 2 rings (SSSR count). The van der Waals surface area contributed by atoms with E-state index < -0.39 is 0 Å². The quantitative estimate of drug-likeness (QED) is 0.838. The molecule has 1 aromatic heterocycles. The number of carbonyl (C=O) groups is 1. The molecular weight excluding hydrogens is 288 g/mol. The lowest BCUT2D eigenvalue weighted by atomic mass is 10.0. The Morgan fingerprint density at radius 2 is 2.17 bits per heavy atom. The zero-order chi connectivity index (χ0) is 17.0. The van der Waals surface area contributed by atoms with Gasteiger partial charge in [-0.2, -0.15) is 0 Å². The Hall–Kier alpha value is -1.80. The van der Waals surface area contributed by atoms with Crippen LogP contribution in [0.2, 0.25) is 0 Å². The monoisotopic (exact) mass is 316 g/mol. The van der Waals surface area contributed by atoms with Crippen LogP contribution in [-0.2, 0) is 4.79 Å². The van der Waals surface area contributed by atoms with E-state index in [9.17, 15) is 4.79 Å². The second-order valence-corrected chi connectivity index (χ2v) is 6.81. The van der Waals surface area contributed by atoms with Crippen molar-refractivity contribution in [2.75, 3.05) is 13.6 Å². The molecule has 126 valence electrons. The average Bonchev–Trinajstić information content (AvgIpc) is 3.14. The summed E-state index contributed by atoms with van der Waals surface area (Å²) in [7, 11) is 1.85. The van der Waals surface area contributed by atoms with E-state index in [-0.39, 0.29) is 23.9 Å². The van der Waals surface area contributed by atoms with E-state index in [4.69, 9.17) is 0 Å². The van der Waals surface area contributed by atoms with Crippen molar-refractivity contribution in [3.8, 4) is 11.8 Å². The first-order valence-electron chi connectivity index (χ1n) is 8.48. The Bertz CT molecular complexity index is 594. The number of hydrogen-bond donors (Lipinski definition) is 2. The smallest absolute Gasteiger partial charge is 0.240 e. The molecule has 1 saturated heterocycles. The van der Waals surface area contributed by atoms with Crippen LogP contribution in [0.15, 0.2) is 6.20 Å². The van der Waals surface area contributed by atoms with Crippen LogP contribution >= 0.6 is 0 Å². The van der Waals surface area contributed by atoms with E-state index in [1.165, 1.54) is 0 Å². The predicted octanol–water partition coefficient (Wildman–Crippen LogP) is 2.32. The Labute approximate surface area is 139 Å². The minimum atomic E-state index is -0.147. The van der Waals surface area contributed by atoms with Gasteiger partial charge in [0.05, 0.1) is 18.3 Å². The first-order valence-corrected chi connectivity index (χ1v) is 8.48. The number of aromatic nitrogens is 2. The molecule has 1 aromatic rings. The lowest BCUT2D eigenvalue weighted by molar-refractivity contribution is -0.135. The summed E-state index contributed by atoms with van der Waals surface area (Å²) >= 11 is 0. The van der Waals surface area contributed by atoms with Crippen molar-refractivity contribution in [3.05, 3.63) is 17.7 Å². The molecule has 0 saturated carbocycles. The summed E-state index contributed by atoms with van der Waals surface area (Å²) < 4.78 is 0.